The molecule has 1 saturated carbocycles. The number of halogens is 3. The van der Waals surface area contributed by atoms with E-state index in [1.165, 1.54) is 25.1 Å². The lowest BCUT2D eigenvalue weighted by atomic mass is 9.57. The Hall–Kier alpha value is -2.70. The van der Waals surface area contributed by atoms with Gasteiger partial charge >= 0.3 is 0 Å². The van der Waals surface area contributed by atoms with Gasteiger partial charge in [0.15, 0.2) is 11.4 Å². The number of primary amides is 1. The summed E-state index contributed by atoms with van der Waals surface area (Å²) in [6.07, 6.45) is -0.181. The summed E-state index contributed by atoms with van der Waals surface area (Å²) < 4.78 is 15.8. The number of carbonyl (C=O) groups excluding carboxylic acids is 3. The van der Waals surface area contributed by atoms with Crippen LogP contribution in [0.1, 0.15) is 37.0 Å². The van der Waals surface area contributed by atoms with Gasteiger partial charge in [-0.15, -0.1) is 24.8 Å². The molecule has 3 aliphatic carbocycles. The molecule has 4 rings (SSSR count). The van der Waals surface area contributed by atoms with Gasteiger partial charge < -0.3 is 31.1 Å². The summed E-state index contributed by atoms with van der Waals surface area (Å²) >= 11 is 0. The number of aromatic hydroxyl groups is 1. The van der Waals surface area contributed by atoms with Crippen LogP contribution in [0.15, 0.2) is 23.0 Å². The molecule has 3 aliphatic rings. The zero-order chi connectivity index (χ0) is 28.4. The van der Waals surface area contributed by atoms with E-state index in [1.807, 2.05) is 25.8 Å². The molecule has 1 aromatic rings. The van der Waals surface area contributed by atoms with E-state index in [0.717, 1.165) is 0 Å². The minimum atomic E-state index is -2.72. The standard InChI is InChI=1S/C27H34FN3O7.2ClH/c1-11(2)9-31(5)10-13-8-16(32)18-14(20(13)28)6-12-7-15-21(30(3)4)23(34)19(26(29)37)25(36)27(15,38)24(35)17(12)22(18)33;;/h8,11-12,15,21,32-33,36,38H,6-7,9-10H2,1-5H3,(H2,29,37);2*1H/t12-,15-,21-,27-;;/m0../s1. The minimum Gasteiger partial charge on any atom is -0.508 e. The van der Waals surface area contributed by atoms with E-state index in [4.69, 9.17) is 5.73 Å². The Bertz CT molecular complexity index is 1310. The Morgan fingerprint density at radius 2 is 1.77 bits per heavy atom. The summed E-state index contributed by atoms with van der Waals surface area (Å²) in [7, 11) is 4.87. The highest BCUT2D eigenvalue weighted by molar-refractivity contribution is 6.24. The van der Waals surface area contributed by atoms with Crippen molar-refractivity contribution in [2.75, 3.05) is 27.7 Å². The fourth-order valence-electron chi connectivity index (χ4n) is 6.44. The normalized spacial score (nSPS) is 25.9. The predicted molar refractivity (Wildman–Crippen MR) is 150 cm³/mol. The van der Waals surface area contributed by atoms with Crippen molar-refractivity contribution in [2.45, 2.75) is 44.9 Å². The summed E-state index contributed by atoms with van der Waals surface area (Å²) in [5.41, 5.74) is 1.40. The first-order valence-electron chi connectivity index (χ1n) is 12.5. The van der Waals surface area contributed by atoms with Crippen molar-refractivity contribution >= 4 is 48.0 Å². The zero-order valence-electron chi connectivity index (χ0n) is 22.9. The molecule has 40 heavy (non-hydrogen) atoms. The molecule has 1 aromatic carbocycles. The maximum atomic E-state index is 15.8. The van der Waals surface area contributed by atoms with Crippen molar-refractivity contribution in [3.8, 4) is 5.75 Å². The Kier molecular flexibility index (Phi) is 9.76. The number of rotatable bonds is 6. The third-order valence-electron chi connectivity index (χ3n) is 7.85. The summed E-state index contributed by atoms with van der Waals surface area (Å²) in [5, 5.41) is 44.4. The molecule has 1 amide bonds. The average molecular weight is 605 g/mol. The molecule has 0 bridgehead atoms. The van der Waals surface area contributed by atoms with Crippen LogP contribution in [-0.2, 0) is 27.3 Å². The van der Waals surface area contributed by atoms with Crippen molar-refractivity contribution in [2.24, 2.45) is 23.5 Å². The van der Waals surface area contributed by atoms with E-state index in [2.05, 4.69) is 0 Å². The molecule has 0 aliphatic heterocycles. The molecule has 6 N–H and O–H groups in total. The summed E-state index contributed by atoms with van der Waals surface area (Å²) in [6, 6.07) is 0.0123. The molecule has 10 nitrogen and oxygen atoms in total. The molecule has 0 heterocycles. The predicted octanol–water partition coefficient (Wildman–Crippen LogP) is 2.03. The second-order valence-corrected chi connectivity index (χ2v) is 11.3. The van der Waals surface area contributed by atoms with Crippen LogP contribution in [0.4, 0.5) is 4.39 Å². The third-order valence-corrected chi connectivity index (χ3v) is 7.85. The highest BCUT2D eigenvalue weighted by Crippen LogP contribution is 2.53. The molecule has 4 atom stereocenters. The number of aliphatic hydroxyl groups is 3. The Labute approximate surface area is 244 Å². The van der Waals surface area contributed by atoms with E-state index in [0.29, 0.717) is 12.5 Å². The molecule has 0 saturated heterocycles. The number of aliphatic hydroxyl groups excluding tert-OH is 2. The van der Waals surface area contributed by atoms with Crippen LogP contribution in [0, 0.1) is 23.6 Å². The van der Waals surface area contributed by atoms with Crippen LogP contribution >= 0.6 is 24.8 Å². The second kappa shape index (κ2) is 11.7. The molecule has 0 spiro atoms. The number of likely N-dealkylation sites (N-methyl/N-ethyl adjacent to an activating group) is 1. The maximum absolute atomic E-state index is 15.8. The number of carbonyl (C=O) groups is 3. The first-order chi connectivity index (χ1) is 17.6. The number of hydrogen-bond donors (Lipinski definition) is 5. The molecule has 1 fully saturated rings. The summed E-state index contributed by atoms with van der Waals surface area (Å²) in [5.74, 6) is -7.88. The highest BCUT2D eigenvalue weighted by Gasteiger charge is 2.64. The number of nitrogens with zero attached hydrogens (tertiary/aromatic N) is 2. The van der Waals surface area contributed by atoms with Gasteiger partial charge in [0.1, 0.15) is 28.7 Å². The van der Waals surface area contributed by atoms with Gasteiger partial charge in [0.25, 0.3) is 5.91 Å². The molecule has 0 radical (unpaired) electrons. The van der Waals surface area contributed by atoms with Gasteiger partial charge in [-0.2, -0.15) is 0 Å². The van der Waals surface area contributed by atoms with Crippen molar-refractivity contribution in [1.82, 2.24) is 9.80 Å². The number of phenols is 1. The van der Waals surface area contributed by atoms with Gasteiger partial charge in [-0.1, -0.05) is 13.8 Å². The van der Waals surface area contributed by atoms with Crippen LogP contribution in [0.2, 0.25) is 0 Å². The number of ketones is 2. The summed E-state index contributed by atoms with van der Waals surface area (Å²) in [4.78, 5) is 42.3. The highest BCUT2D eigenvalue weighted by atomic mass is 35.5. The van der Waals surface area contributed by atoms with Gasteiger partial charge in [0, 0.05) is 35.7 Å². The number of hydrogen-bond acceptors (Lipinski definition) is 9. The first kappa shape index (κ1) is 33.5. The van der Waals surface area contributed by atoms with Gasteiger partial charge in [-0.3, -0.25) is 19.3 Å². The van der Waals surface area contributed by atoms with Crippen molar-refractivity contribution in [1.29, 1.82) is 0 Å². The number of nitrogens with two attached hydrogens (primary N) is 1. The van der Waals surface area contributed by atoms with Crippen LogP contribution in [0.3, 0.4) is 0 Å². The van der Waals surface area contributed by atoms with E-state index in [-0.39, 0.29) is 66.5 Å². The Morgan fingerprint density at radius 3 is 2.30 bits per heavy atom. The van der Waals surface area contributed by atoms with E-state index in [1.54, 1.807) is 0 Å². The lowest BCUT2D eigenvalue weighted by Gasteiger charge is -2.50. The van der Waals surface area contributed by atoms with Gasteiger partial charge in [0.05, 0.1) is 11.6 Å². The molecule has 13 heteroatoms. The second-order valence-electron chi connectivity index (χ2n) is 11.3. The van der Waals surface area contributed by atoms with Crippen molar-refractivity contribution < 1.29 is 39.2 Å². The fraction of sp³-hybridized carbons (Fsp3) is 0.519. The largest absolute Gasteiger partial charge is 0.508 e. The molecular formula is C27H36Cl2FN3O7. The van der Waals surface area contributed by atoms with Crippen LogP contribution in [0.5, 0.6) is 5.75 Å². The van der Waals surface area contributed by atoms with Gasteiger partial charge in [-0.25, -0.2) is 4.39 Å². The lowest BCUT2D eigenvalue weighted by molar-refractivity contribution is -0.153. The maximum Gasteiger partial charge on any atom is 0.255 e. The first-order valence-corrected chi connectivity index (χ1v) is 12.5. The number of fused-ring (bicyclic) bond motifs is 3. The smallest absolute Gasteiger partial charge is 0.255 e. The van der Waals surface area contributed by atoms with E-state index in [9.17, 15) is 34.8 Å². The monoisotopic (exact) mass is 603 g/mol. The van der Waals surface area contributed by atoms with Crippen molar-refractivity contribution in [3.63, 3.8) is 0 Å². The zero-order valence-corrected chi connectivity index (χ0v) is 24.5. The Balaban J connectivity index is 0.00000280. The number of Topliss-reactive ketones (excluding diaryl/α,β-unsaturated/α-hetero) is 2. The average Bonchev–Trinajstić information content (AvgIpc) is 2.78. The molecular weight excluding hydrogens is 568 g/mol. The number of amides is 1. The van der Waals surface area contributed by atoms with E-state index >= 15 is 4.39 Å². The minimum absolute atomic E-state index is 0. The van der Waals surface area contributed by atoms with Gasteiger partial charge in [-0.05, 0) is 51.9 Å². The summed E-state index contributed by atoms with van der Waals surface area (Å²) in [6.45, 7) is 4.95. The number of benzene rings is 1. The Morgan fingerprint density at radius 1 is 1.18 bits per heavy atom. The SMILES string of the molecule is CC(C)CN(C)Cc1cc(O)c2c(c1F)C[C@H]1C[C@H]3[C@H](N(C)C)C(=O)C(C(N)=O)=C(O)[C@@]3(O)C(=O)C1=C2O.Cl.Cl. The van der Waals surface area contributed by atoms with E-state index < -0.39 is 69.6 Å². The molecule has 0 aromatic heterocycles. The van der Waals surface area contributed by atoms with Crippen LogP contribution in [0.25, 0.3) is 5.76 Å². The van der Waals surface area contributed by atoms with Crippen molar-refractivity contribution in [3.05, 3.63) is 45.5 Å². The van der Waals surface area contributed by atoms with Crippen LogP contribution < -0.4 is 5.73 Å². The topological polar surface area (TPSA) is 165 Å². The number of phenolic OH excluding ortho intramolecular Hbond substituents is 1. The molecule has 222 valence electrons. The molecule has 0 unspecified atom stereocenters. The fourth-order valence-corrected chi connectivity index (χ4v) is 6.44. The van der Waals surface area contributed by atoms with Gasteiger partial charge in [0.2, 0.25) is 5.78 Å². The van der Waals surface area contributed by atoms with Crippen LogP contribution in [-0.4, -0.2) is 87.0 Å². The lowest BCUT2D eigenvalue weighted by Crippen LogP contribution is -2.65. The quantitative estimate of drug-likeness (QED) is 0.306. The third kappa shape index (κ3) is 4.98.